The van der Waals surface area contributed by atoms with E-state index in [1.165, 1.54) is 23.3 Å². The minimum absolute atomic E-state index is 0.217. The van der Waals surface area contributed by atoms with E-state index < -0.39 is 12.7 Å². The number of hydrogen-bond acceptors (Lipinski definition) is 4. The van der Waals surface area contributed by atoms with Crippen LogP contribution < -0.4 is 10.1 Å². The summed E-state index contributed by atoms with van der Waals surface area (Å²) < 4.78 is 43.1. The van der Waals surface area contributed by atoms with E-state index in [1.54, 1.807) is 6.07 Å². The third-order valence-electron chi connectivity index (χ3n) is 3.34. The second-order valence-electron chi connectivity index (χ2n) is 5.12. The molecular weight excluding hydrogens is 385 g/mol. The molecule has 0 saturated carbocycles. The van der Waals surface area contributed by atoms with Crippen LogP contribution in [0.4, 0.5) is 13.2 Å². The zero-order valence-corrected chi connectivity index (χ0v) is 14.3. The minimum Gasteiger partial charge on any atom is -0.495 e. The van der Waals surface area contributed by atoms with Gasteiger partial charge in [0.25, 0.3) is 5.91 Å². The van der Waals surface area contributed by atoms with Crippen LogP contribution in [-0.2, 0) is 0 Å². The van der Waals surface area contributed by atoms with Gasteiger partial charge >= 0.3 is 6.18 Å². The minimum atomic E-state index is -4.21. The van der Waals surface area contributed by atoms with Gasteiger partial charge in [-0.25, -0.2) is 0 Å². The second kappa shape index (κ2) is 7.18. The summed E-state index contributed by atoms with van der Waals surface area (Å²) in [6.45, 7) is -0.309. The predicted octanol–water partition coefficient (Wildman–Crippen LogP) is 3.28. The third kappa shape index (κ3) is 4.85. The van der Waals surface area contributed by atoms with Gasteiger partial charge < -0.3 is 10.1 Å². The molecule has 0 aromatic carbocycles. The highest BCUT2D eigenvalue weighted by atomic mass is 79.9. The smallest absolute Gasteiger partial charge is 0.401 e. The first kappa shape index (κ1) is 17.6. The van der Waals surface area contributed by atoms with Crippen LogP contribution >= 0.6 is 27.3 Å². The number of amides is 1. The van der Waals surface area contributed by atoms with Gasteiger partial charge in [0.2, 0.25) is 0 Å². The summed E-state index contributed by atoms with van der Waals surface area (Å²) >= 11 is 4.53. The van der Waals surface area contributed by atoms with E-state index >= 15 is 0 Å². The first-order chi connectivity index (χ1) is 10.3. The Morgan fingerprint density at radius 1 is 1.59 bits per heavy atom. The molecule has 0 bridgehead atoms. The fourth-order valence-electron chi connectivity index (χ4n) is 2.43. The first-order valence-electron chi connectivity index (χ1n) is 6.72. The summed E-state index contributed by atoms with van der Waals surface area (Å²) in [6.07, 6.45) is -2.89. The summed E-state index contributed by atoms with van der Waals surface area (Å²) in [4.78, 5) is 14.0. The van der Waals surface area contributed by atoms with E-state index in [9.17, 15) is 18.0 Å². The normalized spacial score (nSPS) is 20.0. The van der Waals surface area contributed by atoms with Crippen LogP contribution in [0.3, 0.4) is 0 Å². The Hall–Kier alpha value is -0.800. The maximum absolute atomic E-state index is 12.4. The average Bonchev–Trinajstić information content (AvgIpc) is 2.78. The number of thiophene rings is 1. The number of nitrogens with zero attached hydrogens (tertiary/aromatic N) is 1. The SMILES string of the molecule is COc1cc(C(=O)NC2CCCN(CC(F)(F)F)C2)sc1Br. The predicted molar refractivity (Wildman–Crippen MR) is 81.6 cm³/mol. The van der Waals surface area contributed by atoms with Gasteiger partial charge in [-0.2, -0.15) is 13.2 Å². The van der Waals surface area contributed by atoms with Crippen molar-refractivity contribution in [2.75, 3.05) is 26.7 Å². The average molecular weight is 401 g/mol. The standard InChI is InChI=1S/C13H16BrF3N2O2S/c1-21-9-5-10(22-11(9)14)12(20)18-8-3-2-4-19(6-8)7-13(15,16)17/h5,8H,2-4,6-7H2,1H3,(H,18,20). The Kier molecular flexibility index (Phi) is 5.73. The first-order valence-corrected chi connectivity index (χ1v) is 8.32. The fourth-order valence-corrected chi connectivity index (χ4v) is 3.98. The summed E-state index contributed by atoms with van der Waals surface area (Å²) in [7, 11) is 1.50. The van der Waals surface area contributed by atoms with Gasteiger partial charge in [-0.15, -0.1) is 11.3 Å². The number of nitrogens with one attached hydrogen (secondary N) is 1. The summed E-state index contributed by atoms with van der Waals surface area (Å²) in [5, 5.41) is 2.80. The van der Waals surface area contributed by atoms with Gasteiger partial charge in [-0.05, 0) is 35.3 Å². The lowest BCUT2D eigenvalue weighted by Gasteiger charge is -2.33. The topological polar surface area (TPSA) is 41.6 Å². The van der Waals surface area contributed by atoms with E-state index in [0.717, 1.165) is 0 Å². The van der Waals surface area contributed by atoms with Gasteiger partial charge in [-0.3, -0.25) is 9.69 Å². The molecule has 2 rings (SSSR count). The highest BCUT2D eigenvalue weighted by Crippen LogP contribution is 2.34. The lowest BCUT2D eigenvalue weighted by Crippen LogP contribution is -2.49. The Morgan fingerprint density at radius 3 is 2.91 bits per heavy atom. The largest absolute Gasteiger partial charge is 0.495 e. The number of carbonyl (C=O) groups excluding carboxylic acids is 1. The summed E-state index contributed by atoms with van der Waals surface area (Å²) in [5.41, 5.74) is 0. The molecule has 1 N–H and O–H groups in total. The molecule has 1 saturated heterocycles. The number of carbonyl (C=O) groups is 1. The van der Waals surface area contributed by atoms with E-state index in [-0.39, 0.29) is 18.5 Å². The number of halogens is 4. The maximum atomic E-state index is 12.4. The highest BCUT2D eigenvalue weighted by molar-refractivity contribution is 9.11. The Bertz CT molecular complexity index is 536. The van der Waals surface area contributed by atoms with Crippen molar-refractivity contribution in [2.24, 2.45) is 0 Å². The lowest BCUT2D eigenvalue weighted by atomic mass is 10.1. The number of likely N-dealkylation sites (tertiary alicyclic amines) is 1. The van der Waals surface area contributed by atoms with Gasteiger partial charge in [0.15, 0.2) is 0 Å². The van der Waals surface area contributed by atoms with Gasteiger partial charge in [0.05, 0.1) is 18.5 Å². The molecule has 0 aliphatic carbocycles. The van der Waals surface area contributed by atoms with Crippen LogP contribution in [0.5, 0.6) is 5.75 Å². The van der Waals surface area contributed by atoms with Gasteiger partial charge in [0, 0.05) is 18.7 Å². The zero-order chi connectivity index (χ0) is 16.3. The van der Waals surface area contributed by atoms with Crippen LogP contribution in [0.2, 0.25) is 0 Å². The molecule has 1 fully saturated rings. The molecule has 4 nitrogen and oxygen atoms in total. The fraction of sp³-hybridized carbons (Fsp3) is 0.615. The summed E-state index contributed by atoms with van der Waals surface area (Å²) in [5.74, 6) is 0.283. The summed E-state index contributed by atoms with van der Waals surface area (Å²) in [6, 6.07) is 1.34. The number of rotatable bonds is 4. The van der Waals surface area contributed by atoms with Crippen LogP contribution in [-0.4, -0.2) is 49.8 Å². The quantitative estimate of drug-likeness (QED) is 0.842. The molecule has 1 aliphatic rings. The number of methoxy groups -OCH3 is 1. The van der Waals surface area contributed by atoms with Crippen molar-refractivity contribution >= 4 is 33.2 Å². The molecule has 1 amide bonds. The second-order valence-corrected chi connectivity index (χ2v) is 7.49. The molecule has 1 unspecified atom stereocenters. The van der Waals surface area contributed by atoms with Crippen molar-refractivity contribution in [1.29, 1.82) is 0 Å². The molecule has 1 atom stereocenters. The molecule has 9 heteroatoms. The Labute approximate surface area is 138 Å². The number of alkyl halides is 3. The number of piperidine rings is 1. The molecule has 2 heterocycles. The van der Waals surface area contributed by atoms with Crippen molar-refractivity contribution in [3.8, 4) is 5.75 Å². The van der Waals surface area contributed by atoms with E-state index in [1.807, 2.05) is 0 Å². The molecule has 1 aliphatic heterocycles. The van der Waals surface area contributed by atoms with Crippen molar-refractivity contribution in [1.82, 2.24) is 10.2 Å². The van der Waals surface area contributed by atoms with Crippen molar-refractivity contribution in [3.63, 3.8) is 0 Å². The van der Waals surface area contributed by atoms with Crippen LogP contribution in [0.1, 0.15) is 22.5 Å². The third-order valence-corrected chi connectivity index (χ3v) is 5.12. The van der Waals surface area contributed by atoms with Gasteiger partial charge in [0.1, 0.15) is 9.54 Å². The number of hydrogen-bond donors (Lipinski definition) is 1. The lowest BCUT2D eigenvalue weighted by molar-refractivity contribution is -0.148. The Balaban J connectivity index is 1.93. The number of ether oxygens (including phenoxy) is 1. The van der Waals surface area contributed by atoms with Crippen LogP contribution in [0.15, 0.2) is 9.85 Å². The molecule has 0 radical (unpaired) electrons. The molecule has 0 spiro atoms. The van der Waals surface area contributed by atoms with Gasteiger partial charge in [-0.1, -0.05) is 0 Å². The highest BCUT2D eigenvalue weighted by Gasteiger charge is 2.33. The Morgan fingerprint density at radius 2 is 2.32 bits per heavy atom. The molecule has 124 valence electrons. The van der Waals surface area contributed by atoms with E-state index in [2.05, 4.69) is 21.2 Å². The van der Waals surface area contributed by atoms with Crippen molar-refractivity contribution < 1.29 is 22.7 Å². The van der Waals surface area contributed by atoms with Crippen LogP contribution in [0, 0.1) is 0 Å². The van der Waals surface area contributed by atoms with Crippen molar-refractivity contribution in [2.45, 2.75) is 25.1 Å². The van der Waals surface area contributed by atoms with Crippen LogP contribution in [0.25, 0.3) is 0 Å². The molecule has 1 aromatic heterocycles. The zero-order valence-electron chi connectivity index (χ0n) is 11.9. The maximum Gasteiger partial charge on any atom is 0.401 e. The molecular formula is C13H16BrF3N2O2S. The van der Waals surface area contributed by atoms with E-state index in [0.29, 0.717) is 33.8 Å². The monoisotopic (exact) mass is 400 g/mol. The van der Waals surface area contributed by atoms with E-state index in [4.69, 9.17) is 4.74 Å². The van der Waals surface area contributed by atoms with Crippen molar-refractivity contribution in [3.05, 3.63) is 14.7 Å². The molecule has 1 aromatic rings. The molecule has 22 heavy (non-hydrogen) atoms.